The van der Waals surface area contributed by atoms with E-state index in [0.717, 1.165) is 53.5 Å². The predicted molar refractivity (Wildman–Crippen MR) is 86.7 cm³/mol. The Balaban J connectivity index is 2.06. The van der Waals surface area contributed by atoms with Gasteiger partial charge in [0.1, 0.15) is 0 Å². The van der Waals surface area contributed by atoms with E-state index in [4.69, 9.17) is 5.11 Å². The zero-order chi connectivity index (χ0) is 15.2. The van der Waals surface area contributed by atoms with Crippen LogP contribution in [0.5, 0.6) is 0 Å². The first kappa shape index (κ1) is 15.7. The van der Waals surface area contributed by atoms with Gasteiger partial charge in [-0.1, -0.05) is 6.07 Å². The summed E-state index contributed by atoms with van der Waals surface area (Å²) in [6.07, 6.45) is 2.92. The third-order valence-electron chi connectivity index (χ3n) is 3.66. The van der Waals surface area contributed by atoms with Crippen LogP contribution in [0.1, 0.15) is 36.1 Å². The van der Waals surface area contributed by atoms with Crippen LogP contribution in [0.2, 0.25) is 0 Å². The second-order valence-corrected chi connectivity index (χ2v) is 5.62. The number of hydrogen-bond donors (Lipinski definition) is 3. The highest BCUT2D eigenvalue weighted by atomic mass is 16.2. The van der Waals surface area contributed by atoms with Gasteiger partial charge in [0.15, 0.2) is 5.43 Å². The predicted octanol–water partition coefficient (Wildman–Crippen LogP) is 2.40. The van der Waals surface area contributed by atoms with Crippen molar-refractivity contribution in [1.29, 1.82) is 0 Å². The molecule has 114 valence electrons. The number of aliphatic hydroxyl groups excluding tert-OH is 1. The van der Waals surface area contributed by atoms with Crippen LogP contribution < -0.4 is 10.7 Å². The largest absolute Gasteiger partial charge is 0.396 e. The molecular formula is C17H24N2O2. The summed E-state index contributed by atoms with van der Waals surface area (Å²) < 4.78 is 0. The monoisotopic (exact) mass is 288 g/mol. The standard InChI is InChI=1S/C17H24N2O2/c1-12-8-13(2)17-15(9-12)16(21)10-14(19-17)11-18-6-4-3-5-7-20/h8-10,18,20H,3-7,11H2,1-2H3,(H,19,21). The summed E-state index contributed by atoms with van der Waals surface area (Å²) in [5.41, 5.74) is 4.14. The van der Waals surface area contributed by atoms with E-state index in [-0.39, 0.29) is 12.0 Å². The summed E-state index contributed by atoms with van der Waals surface area (Å²) in [6.45, 7) is 5.85. The van der Waals surface area contributed by atoms with Gasteiger partial charge >= 0.3 is 0 Å². The van der Waals surface area contributed by atoms with E-state index in [1.807, 2.05) is 19.9 Å². The molecule has 0 bridgehead atoms. The van der Waals surface area contributed by atoms with E-state index in [1.165, 1.54) is 0 Å². The van der Waals surface area contributed by atoms with Crippen molar-refractivity contribution in [3.05, 3.63) is 45.2 Å². The number of rotatable bonds is 7. The highest BCUT2D eigenvalue weighted by Gasteiger charge is 2.05. The number of aromatic nitrogens is 1. The van der Waals surface area contributed by atoms with E-state index < -0.39 is 0 Å². The van der Waals surface area contributed by atoms with Crippen molar-refractivity contribution in [3.8, 4) is 0 Å². The Bertz CT molecular complexity index is 662. The minimum atomic E-state index is 0.0765. The van der Waals surface area contributed by atoms with Gasteiger partial charge < -0.3 is 15.4 Å². The van der Waals surface area contributed by atoms with Crippen LogP contribution in [0.25, 0.3) is 10.9 Å². The van der Waals surface area contributed by atoms with E-state index in [1.54, 1.807) is 6.07 Å². The first-order valence-corrected chi connectivity index (χ1v) is 7.56. The number of H-pyrrole nitrogens is 1. The lowest BCUT2D eigenvalue weighted by Gasteiger charge is -2.09. The molecule has 0 atom stereocenters. The van der Waals surface area contributed by atoms with Crippen molar-refractivity contribution in [3.63, 3.8) is 0 Å². The van der Waals surface area contributed by atoms with Crippen molar-refractivity contribution in [2.75, 3.05) is 13.2 Å². The molecule has 0 radical (unpaired) electrons. The minimum Gasteiger partial charge on any atom is -0.396 e. The fraction of sp³-hybridized carbons (Fsp3) is 0.471. The Hall–Kier alpha value is -1.65. The van der Waals surface area contributed by atoms with Crippen molar-refractivity contribution in [2.45, 2.75) is 39.7 Å². The quantitative estimate of drug-likeness (QED) is 0.685. The molecule has 2 rings (SSSR count). The number of aliphatic hydroxyl groups is 1. The molecule has 0 aliphatic heterocycles. The van der Waals surface area contributed by atoms with Crippen LogP contribution in [-0.2, 0) is 6.54 Å². The van der Waals surface area contributed by atoms with Crippen LogP contribution in [0.3, 0.4) is 0 Å². The number of aryl methyl sites for hydroxylation is 2. The number of nitrogens with one attached hydrogen (secondary N) is 2. The molecule has 1 aromatic heterocycles. The lowest BCUT2D eigenvalue weighted by atomic mass is 10.1. The molecule has 0 saturated heterocycles. The maximum absolute atomic E-state index is 12.2. The molecule has 1 heterocycles. The molecule has 0 unspecified atom stereocenters. The minimum absolute atomic E-state index is 0.0765. The van der Waals surface area contributed by atoms with Crippen molar-refractivity contribution >= 4 is 10.9 Å². The van der Waals surface area contributed by atoms with Crippen molar-refractivity contribution in [1.82, 2.24) is 10.3 Å². The zero-order valence-electron chi connectivity index (χ0n) is 12.8. The lowest BCUT2D eigenvalue weighted by Crippen LogP contribution is -2.17. The second kappa shape index (κ2) is 7.38. The van der Waals surface area contributed by atoms with E-state index >= 15 is 0 Å². The molecule has 2 aromatic rings. The van der Waals surface area contributed by atoms with Gasteiger partial charge in [0.2, 0.25) is 0 Å². The van der Waals surface area contributed by atoms with Crippen molar-refractivity contribution in [2.24, 2.45) is 0 Å². The Morgan fingerprint density at radius 3 is 2.71 bits per heavy atom. The smallest absolute Gasteiger partial charge is 0.189 e. The first-order chi connectivity index (χ1) is 10.1. The SMILES string of the molecule is Cc1cc(C)c2[nH]c(CNCCCCCO)cc(=O)c2c1. The number of pyridine rings is 1. The number of unbranched alkanes of at least 4 members (excludes halogenated alkanes) is 2. The van der Waals surface area contributed by atoms with Gasteiger partial charge in [0.05, 0.1) is 5.52 Å². The number of aromatic amines is 1. The normalized spacial score (nSPS) is 11.2. The summed E-state index contributed by atoms with van der Waals surface area (Å²) in [5, 5.41) is 12.8. The van der Waals surface area contributed by atoms with Crippen molar-refractivity contribution < 1.29 is 5.11 Å². The van der Waals surface area contributed by atoms with Gasteiger partial charge in [0.25, 0.3) is 0 Å². The fourth-order valence-corrected chi connectivity index (χ4v) is 2.62. The molecule has 0 aliphatic rings. The highest BCUT2D eigenvalue weighted by molar-refractivity contribution is 5.82. The summed E-state index contributed by atoms with van der Waals surface area (Å²) in [5.74, 6) is 0. The third-order valence-corrected chi connectivity index (χ3v) is 3.66. The zero-order valence-corrected chi connectivity index (χ0v) is 12.8. The lowest BCUT2D eigenvalue weighted by molar-refractivity contribution is 0.283. The maximum Gasteiger partial charge on any atom is 0.189 e. The molecule has 1 aromatic carbocycles. The number of hydrogen-bond acceptors (Lipinski definition) is 3. The van der Waals surface area contributed by atoms with Crippen LogP contribution in [0.15, 0.2) is 23.0 Å². The average Bonchev–Trinajstić information content (AvgIpc) is 2.44. The van der Waals surface area contributed by atoms with E-state index in [2.05, 4.69) is 16.4 Å². The number of fused-ring (bicyclic) bond motifs is 1. The topological polar surface area (TPSA) is 65.1 Å². The Labute approximate surface area is 125 Å². The van der Waals surface area contributed by atoms with Crippen LogP contribution in [0.4, 0.5) is 0 Å². The average molecular weight is 288 g/mol. The molecule has 21 heavy (non-hydrogen) atoms. The Morgan fingerprint density at radius 1 is 1.14 bits per heavy atom. The molecular weight excluding hydrogens is 264 g/mol. The van der Waals surface area contributed by atoms with Crippen LogP contribution >= 0.6 is 0 Å². The summed E-state index contributed by atoms with van der Waals surface area (Å²) in [7, 11) is 0. The third kappa shape index (κ3) is 4.16. The molecule has 0 saturated carbocycles. The van der Waals surface area contributed by atoms with Gasteiger partial charge in [-0.15, -0.1) is 0 Å². The molecule has 0 aliphatic carbocycles. The second-order valence-electron chi connectivity index (χ2n) is 5.62. The van der Waals surface area contributed by atoms with Crippen LogP contribution in [-0.4, -0.2) is 23.2 Å². The summed E-state index contributed by atoms with van der Waals surface area (Å²) in [4.78, 5) is 15.6. The van der Waals surface area contributed by atoms with Gasteiger partial charge in [0, 0.05) is 30.3 Å². The van der Waals surface area contributed by atoms with Crippen LogP contribution in [0, 0.1) is 13.8 Å². The molecule has 4 nitrogen and oxygen atoms in total. The van der Waals surface area contributed by atoms with Gasteiger partial charge in [-0.3, -0.25) is 4.79 Å². The van der Waals surface area contributed by atoms with Gasteiger partial charge in [-0.25, -0.2) is 0 Å². The highest BCUT2D eigenvalue weighted by Crippen LogP contribution is 2.16. The molecule has 0 spiro atoms. The molecule has 0 fully saturated rings. The van der Waals surface area contributed by atoms with E-state index in [0.29, 0.717) is 6.54 Å². The maximum atomic E-state index is 12.2. The summed E-state index contributed by atoms with van der Waals surface area (Å²) >= 11 is 0. The Morgan fingerprint density at radius 2 is 1.95 bits per heavy atom. The summed E-state index contributed by atoms with van der Waals surface area (Å²) in [6, 6.07) is 5.71. The van der Waals surface area contributed by atoms with E-state index in [9.17, 15) is 4.79 Å². The fourth-order valence-electron chi connectivity index (χ4n) is 2.62. The molecule has 4 heteroatoms. The molecule has 0 amide bonds. The van der Waals surface area contributed by atoms with Gasteiger partial charge in [-0.05, 0) is 56.8 Å². The van der Waals surface area contributed by atoms with Gasteiger partial charge in [-0.2, -0.15) is 0 Å². The molecule has 3 N–H and O–H groups in total. The Kier molecular flexibility index (Phi) is 5.53. The number of benzene rings is 1. The first-order valence-electron chi connectivity index (χ1n) is 7.56.